The van der Waals surface area contributed by atoms with E-state index in [1.54, 1.807) is 74.1 Å². The molecule has 0 radical (unpaired) electrons. The number of benzene rings is 2. The summed E-state index contributed by atoms with van der Waals surface area (Å²) in [7, 11) is 3.09. The van der Waals surface area contributed by atoms with Gasteiger partial charge < -0.3 is 19.5 Å². The van der Waals surface area contributed by atoms with E-state index in [2.05, 4.69) is 10.3 Å². The van der Waals surface area contributed by atoms with E-state index in [4.69, 9.17) is 14.2 Å². The molecule has 0 bridgehead atoms. The number of ether oxygens (including phenoxy) is 3. The van der Waals surface area contributed by atoms with Gasteiger partial charge in [-0.15, -0.1) is 0 Å². The number of carbonyl (C=O) groups is 2. The number of anilines is 1. The van der Waals surface area contributed by atoms with Crippen LogP contribution in [-0.4, -0.2) is 42.5 Å². The molecule has 0 atom stereocenters. The maximum Gasteiger partial charge on any atom is 0.278 e. The summed E-state index contributed by atoms with van der Waals surface area (Å²) < 4.78 is 16.3. The highest BCUT2D eigenvalue weighted by Crippen LogP contribution is 2.36. The molecular formula is C26H25N3O5. The van der Waals surface area contributed by atoms with Crippen LogP contribution < -0.4 is 19.5 Å². The molecule has 0 saturated carbocycles. The van der Waals surface area contributed by atoms with Gasteiger partial charge in [-0.3, -0.25) is 19.5 Å². The lowest BCUT2D eigenvalue weighted by atomic mass is 10.0. The number of pyridine rings is 1. The minimum Gasteiger partial charge on any atom is -0.497 e. The topological polar surface area (TPSA) is 90.0 Å². The van der Waals surface area contributed by atoms with Crippen LogP contribution in [0.15, 0.2) is 72.7 Å². The van der Waals surface area contributed by atoms with Crippen molar-refractivity contribution in [3.63, 3.8) is 0 Å². The molecule has 0 saturated heterocycles. The van der Waals surface area contributed by atoms with Crippen molar-refractivity contribution in [2.45, 2.75) is 13.5 Å². The fourth-order valence-corrected chi connectivity index (χ4v) is 3.71. The van der Waals surface area contributed by atoms with Crippen LogP contribution in [0.5, 0.6) is 17.2 Å². The zero-order chi connectivity index (χ0) is 24.1. The van der Waals surface area contributed by atoms with Gasteiger partial charge in [0.15, 0.2) is 0 Å². The predicted octanol–water partition coefficient (Wildman–Crippen LogP) is 3.89. The Bertz CT molecular complexity index is 1220. The Balaban J connectivity index is 1.77. The van der Waals surface area contributed by atoms with E-state index < -0.39 is 11.8 Å². The summed E-state index contributed by atoms with van der Waals surface area (Å²) in [5, 5.41) is 3.14. The van der Waals surface area contributed by atoms with Gasteiger partial charge in [0.1, 0.15) is 22.9 Å². The predicted molar refractivity (Wildman–Crippen MR) is 127 cm³/mol. The van der Waals surface area contributed by atoms with Gasteiger partial charge in [0, 0.05) is 18.5 Å². The van der Waals surface area contributed by atoms with Crippen LogP contribution >= 0.6 is 0 Å². The third kappa shape index (κ3) is 4.56. The van der Waals surface area contributed by atoms with Crippen molar-refractivity contribution in [3.8, 4) is 17.2 Å². The summed E-state index contributed by atoms with van der Waals surface area (Å²) in [6.45, 7) is 2.55. The Morgan fingerprint density at radius 2 is 1.59 bits per heavy atom. The van der Waals surface area contributed by atoms with Crippen LogP contribution in [0.2, 0.25) is 0 Å². The second kappa shape index (κ2) is 10.1. The first-order valence-electron chi connectivity index (χ1n) is 10.8. The van der Waals surface area contributed by atoms with E-state index in [1.807, 2.05) is 6.92 Å². The molecule has 1 aromatic heterocycles. The van der Waals surface area contributed by atoms with E-state index in [0.29, 0.717) is 35.1 Å². The molecule has 4 rings (SSSR count). The molecule has 2 heterocycles. The van der Waals surface area contributed by atoms with Crippen molar-refractivity contribution in [2.75, 3.05) is 26.1 Å². The minimum absolute atomic E-state index is 0.126. The molecule has 1 aliphatic rings. The third-order valence-corrected chi connectivity index (χ3v) is 5.38. The number of nitrogens with one attached hydrogen (secondary N) is 1. The Hall–Kier alpha value is -4.33. The first-order chi connectivity index (χ1) is 16.5. The summed E-state index contributed by atoms with van der Waals surface area (Å²) in [5.41, 5.74) is 2.33. The Morgan fingerprint density at radius 1 is 0.882 bits per heavy atom. The van der Waals surface area contributed by atoms with E-state index in [0.717, 1.165) is 5.56 Å². The highest BCUT2D eigenvalue weighted by molar-refractivity contribution is 6.36. The largest absolute Gasteiger partial charge is 0.497 e. The number of methoxy groups -OCH3 is 2. The van der Waals surface area contributed by atoms with Gasteiger partial charge in [0.2, 0.25) is 0 Å². The summed E-state index contributed by atoms with van der Waals surface area (Å²) >= 11 is 0. The van der Waals surface area contributed by atoms with Crippen LogP contribution in [0.25, 0.3) is 5.57 Å². The minimum atomic E-state index is -0.435. The van der Waals surface area contributed by atoms with Crippen LogP contribution in [0.4, 0.5) is 5.69 Å². The quantitative estimate of drug-likeness (QED) is 0.486. The van der Waals surface area contributed by atoms with Gasteiger partial charge in [0.05, 0.1) is 38.6 Å². The molecule has 8 heteroatoms. The smallest absolute Gasteiger partial charge is 0.278 e. The lowest BCUT2D eigenvalue weighted by molar-refractivity contribution is -0.137. The molecule has 8 nitrogen and oxygen atoms in total. The maximum absolute atomic E-state index is 13.5. The van der Waals surface area contributed by atoms with E-state index in [9.17, 15) is 9.59 Å². The number of hydrogen-bond acceptors (Lipinski definition) is 7. The van der Waals surface area contributed by atoms with E-state index >= 15 is 0 Å². The lowest BCUT2D eigenvalue weighted by Gasteiger charge is -2.16. The van der Waals surface area contributed by atoms with Crippen LogP contribution in [0, 0.1) is 0 Å². The second-order valence-electron chi connectivity index (χ2n) is 7.45. The molecule has 1 N–H and O–H groups in total. The summed E-state index contributed by atoms with van der Waals surface area (Å²) in [4.78, 5) is 32.2. The molecular weight excluding hydrogens is 434 g/mol. The highest BCUT2D eigenvalue weighted by atomic mass is 16.5. The Kier molecular flexibility index (Phi) is 6.77. The monoisotopic (exact) mass is 459 g/mol. The summed E-state index contributed by atoms with van der Waals surface area (Å²) in [6, 6.07) is 15.8. The number of nitrogens with zero attached hydrogens (tertiary/aromatic N) is 2. The molecule has 2 amide bonds. The van der Waals surface area contributed by atoms with Crippen molar-refractivity contribution < 1.29 is 23.8 Å². The Labute approximate surface area is 197 Å². The molecule has 1 aliphatic heterocycles. The van der Waals surface area contributed by atoms with Crippen molar-refractivity contribution >= 4 is 23.1 Å². The van der Waals surface area contributed by atoms with E-state index in [-0.39, 0.29) is 17.8 Å². The zero-order valence-corrected chi connectivity index (χ0v) is 19.2. The fraction of sp³-hybridized carbons (Fsp3) is 0.192. The number of amides is 2. The standard InChI is InChI=1S/C26H25N3O5/c1-4-34-19-7-5-18(6-8-19)23-24(28-21-15-20(32-2)9-10-22(21)33-3)26(31)29(25(23)30)16-17-11-13-27-14-12-17/h5-15,28H,4,16H2,1-3H3. The van der Waals surface area contributed by atoms with E-state index in [1.165, 1.54) is 12.0 Å². The van der Waals surface area contributed by atoms with Crippen LogP contribution in [0.1, 0.15) is 18.1 Å². The van der Waals surface area contributed by atoms with Crippen molar-refractivity contribution in [3.05, 3.63) is 83.8 Å². The molecule has 34 heavy (non-hydrogen) atoms. The van der Waals surface area contributed by atoms with Crippen LogP contribution in [-0.2, 0) is 16.1 Å². The average Bonchev–Trinajstić information content (AvgIpc) is 3.09. The summed E-state index contributed by atoms with van der Waals surface area (Å²) in [6.07, 6.45) is 3.25. The molecule has 0 spiro atoms. The van der Waals surface area contributed by atoms with Crippen molar-refractivity contribution in [2.24, 2.45) is 0 Å². The highest BCUT2D eigenvalue weighted by Gasteiger charge is 2.39. The molecule has 0 unspecified atom stereocenters. The van der Waals surface area contributed by atoms with Gasteiger partial charge in [0.25, 0.3) is 11.8 Å². The first-order valence-corrected chi connectivity index (χ1v) is 10.8. The van der Waals surface area contributed by atoms with Gasteiger partial charge >= 0.3 is 0 Å². The number of imide groups is 1. The van der Waals surface area contributed by atoms with Gasteiger partial charge in [-0.05, 0) is 54.4 Å². The normalized spacial score (nSPS) is 13.3. The number of carbonyl (C=O) groups excluding carboxylic acids is 2. The van der Waals surface area contributed by atoms with Crippen molar-refractivity contribution in [1.29, 1.82) is 0 Å². The second-order valence-corrected chi connectivity index (χ2v) is 7.45. The average molecular weight is 460 g/mol. The number of aromatic nitrogens is 1. The Morgan fingerprint density at radius 3 is 2.24 bits per heavy atom. The molecule has 174 valence electrons. The SMILES string of the molecule is CCOc1ccc(C2=C(Nc3cc(OC)ccc3OC)C(=O)N(Cc3ccncc3)C2=O)cc1. The maximum atomic E-state index is 13.5. The van der Waals surface area contributed by atoms with Crippen molar-refractivity contribution in [1.82, 2.24) is 9.88 Å². The first kappa shape index (κ1) is 22.8. The molecule has 2 aromatic carbocycles. The van der Waals surface area contributed by atoms with Gasteiger partial charge in [-0.1, -0.05) is 12.1 Å². The van der Waals surface area contributed by atoms with Gasteiger partial charge in [-0.25, -0.2) is 0 Å². The fourth-order valence-electron chi connectivity index (χ4n) is 3.71. The van der Waals surface area contributed by atoms with Crippen LogP contribution in [0.3, 0.4) is 0 Å². The van der Waals surface area contributed by atoms with Gasteiger partial charge in [-0.2, -0.15) is 0 Å². The zero-order valence-electron chi connectivity index (χ0n) is 19.2. The number of hydrogen-bond donors (Lipinski definition) is 1. The number of rotatable bonds is 9. The molecule has 3 aromatic rings. The third-order valence-electron chi connectivity index (χ3n) is 5.38. The molecule has 0 aliphatic carbocycles. The summed E-state index contributed by atoms with van der Waals surface area (Å²) in [5.74, 6) is 0.941. The lowest BCUT2D eigenvalue weighted by Crippen LogP contribution is -2.32. The molecule has 0 fully saturated rings.